The van der Waals surface area contributed by atoms with Crippen molar-refractivity contribution in [1.82, 2.24) is 24.4 Å². The maximum absolute atomic E-state index is 12.8. The average molecular weight is 413 g/mol. The van der Waals surface area contributed by atoms with E-state index in [0.29, 0.717) is 0 Å². The lowest BCUT2D eigenvalue weighted by Gasteiger charge is -2.34. The van der Waals surface area contributed by atoms with Crippen LogP contribution in [0, 0.1) is 0 Å². The third kappa shape index (κ3) is 4.47. The molecule has 0 aliphatic carbocycles. The minimum absolute atomic E-state index is 0.131. The van der Waals surface area contributed by atoms with Crippen molar-refractivity contribution in [1.29, 1.82) is 0 Å². The molecule has 0 unspecified atom stereocenters. The van der Waals surface area contributed by atoms with E-state index in [1.54, 1.807) is 10.9 Å². The SMILES string of the molecule is CN1CCN(c2ncccc2CNS(=O)(=O)c2cnn(-c3ccccc3)c2)CC1. The normalized spacial score (nSPS) is 15.6. The van der Waals surface area contributed by atoms with Gasteiger partial charge in [-0.25, -0.2) is 22.8 Å². The van der Waals surface area contributed by atoms with Crippen molar-refractivity contribution in [3.63, 3.8) is 0 Å². The molecule has 9 heteroatoms. The first-order valence-electron chi connectivity index (χ1n) is 9.50. The summed E-state index contributed by atoms with van der Waals surface area (Å²) < 4.78 is 29.8. The van der Waals surface area contributed by atoms with Gasteiger partial charge in [0.05, 0.1) is 18.1 Å². The van der Waals surface area contributed by atoms with E-state index in [1.807, 2.05) is 42.5 Å². The molecular weight excluding hydrogens is 388 g/mol. The quantitative estimate of drug-likeness (QED) is 0.661. The van der Waals surface area contributed by atoms with E-state index >= 15 is 0 Å². The zero-order valence-electron chi connectivity index (χ0n) is 16.3. The number of nitrogens with one attached hydrogen (secondary N) is 1. The smallest absolute Gasteiger partial charge is 0.244 e. The summed E-state index contributed by atoms with van der Waals surface area (Å²) in [5.41, 5.74) is 1.66. The Morgan fingerprint density at radius 3 is 2.55 bits per heavy atom. The molecule has 0 atom stereocenters. The zero-order valence-corrected chi connectivity index (χ0v) is 17.1. The van der Waals surface area contributed by atoms with Crippen LogP contribution >= 0.6 is 0 Å². The van der Waals surface area contributed by atoms with Crippen LogP contribution in [0.15, 0.2) is 66.0 Å². The highest BCUT2D eigenvalue weighted by Gasteiger charge is 2.21. The van der Waals surface area contributed by atoms with Gasteiger partial charge in [-0.15, -0.1) is 0 Å². The molecule has 0 radical (unpaired) electrons. The molecule has 3 aromatic rings. The fourth-order valence-corrected chi connectivity index (χ4v) is 4.23. The lowest BCUT2D eigenvalue weighted by atomic mass is 10.2. The molecule has 29 heavy (non-hydrogen) atoms. The summed E-state index contributed by atoms with van der Waals surface area (Å²) in [4.78, 5) is 9.11. The highest BCUT2D eigenvalue weighted by atomic mass is 32.2. The molecule has 0 amide bonds. The molecule has 1 aliphatic rings. The van der Waals surface area contributed by atoms with E-state index < -0.39 is 10.0 Å². The Morgan fingerprint density at radius 2 is 1.79 bits per heavy atom. The second-order valence-corrected chi connectivity index (χ2v) is 8.82. The van der Waals surface area contributed by atoms with Gasteiger partial charge in [-0.3, -0.25) is 0 Å². The summed E-state index contributed by atoms with van der Waals surface area (Å²) in [6.07, 6.45) is 4.62. The van der Waals surface area contributed by atoms with Crippen molar-refractivity contribution in [3.8, 4) is 5.69 Å². The van der Waals surface area contributed by atoms with Gasteiger partial charge in [-0.2, -0.15) is 5.10 Å². The standard InChI is InChI=1S/C20H24N6O2S/c1-24-10-12-25(13-11-24)20-17(6-5-9-21-20)14-23-29(27,28)19-15-22-26(16-19)18-7-3-2-4-8-18/h2-9,15-16,23H,10-14H2,1H3. The van der Waals surface area contributed by atoms with Gasteiger partial charge in [0.2, 0.25) is 10.0 Å². The van der Waals surface area contributed by atoms with E-state index in [0.717, 1.165) is 43.2 Å². The first-order valence-corrected chi connectivity index (χ1v) is 11.0. The van der Waals surface area contributed by atoms with E-state index in [2.05, 4.69) is 31.7 Å². The van der Waals surface area contributed by atoms with Crippen molar-refractivity contribution in [2.45, 2.75) is 11.4 Å². The molecule has 1 N–H and O–H groups in total. The number of nitrogens with zero attached hydrogens (tertiary/aromatic N) is 5. The van der Waals surface area contributed by atoms with E-state index in [1.165, 1.54) is 12.4 Å². The molecule has 4 rings (SSSR count). The number of pyridine rings is 1. The van der Waals surface area contributed by atoms with Gasteiger partial charge in [-0.05, 0) is 25.2 Å². The van der Waals surface area contributed by atoms with Crippen LogP contribution in [-0.4, -0.2) is 61.3 Å². The Bertz CT molecular complexity index is 1060. The number of anilines is 1. The summed E-state index contributed by atoms with van der Waals surface area (Å²) >= 11 is 0. The largest absolute Gasteiger partial charge is 0.354 e. The monoisotopic (exact) mass is 412 g/mol. The number of hydrogen-bond acceptors (Lipinski definition) is 6. The number of hydrogen-bond donors (Lipinski definition) is 1. The molecule has 1 saturated heterocycles. The molecule has 1 aliphatic heterocycles. The van der Waals surface area contributed by atoms with Gasteiger partial charge in [0, 0.05) is 44.5 Å². The average Bonchev–Trinajstić information content (AvgIpc) is 3.25. The molecular formula is C20H24N6O2S. The van der Waals surface area contributed by atoms with Crippen LogP contribution in [0.2, 0.25) is 0 Å². The zero-order chi connectivity index (χ0) is 20.3. The molecule has 0 saturated carbocycles. The second-order valence-electron chi connectivity index (χ2n) is 7.06. The Kier molecular flexibility index (Phi) is 5.61. The van der Waals surface area contributed by atoms with Crippen LogP contribution in [0.4, 0.5) is 5.82 Å². The maximum atomic E-state index is 12.8. The molecule has 1 aromatic carbocycles. The van der Waals surface area contributed by atoms with Crippen molar-refractivity contribution < 1.29 is 8.42 Å². The molecule has 8 nitrogen and oxygen atoms in total. The van der Waals surface area contributed by atoms with Gasteiger partial charge in [0.1, 0.15) is 10.7 Å². The van der Waals surface area contributed by atoms with Crippen LogP contribution in [-0.2, 0) is 16.6 Å². The minimum Gasteiger partial charge on any atom is -0.354 e. The summed E-state index contributed by atoms with van der Waals surface area (Å²) in [6.45, 7) is 3.84. The van der Waals surface area contributed by atoms with E-state index in [4.69, 9.17) is 0 Å². The second kappa shape index (κ2) is 8.32. The lowest BCUT2D eigenvalue weighted by molar-refractivity contribution is 0.312. The molecule has 3 heterocycles. The van der Waals surface area contributed by atoms with Crippen LogP contribution in [0.5, 0.6) is 0 Å². The van der Waals surface area contributed by atoms with Gasteiger partial charge in [-0.1, -0.05) is 24.3 Å². The fourth-order valence-electron chi connectivity index (χ4n) is 3.29. The Labute approximate surface area is 170 Å². The number of likely N-dealkylation sites (N-methyl/N-ethyl adjacent to an activating group) is 1. The molecule has 1 fully saturated rings. The number of rotatable bonds is 6. The predicted molar refractivity (Wildman–Crippen MR) is 112 cm³/mol. The summed E-state index contributed by atoms with van der Waals surface area (Å²) in [6, 6.07) is 13.1. The van der Waals surface area contributed by atoms with Gasteiger partial charge >= 0.3 is 0 Å². The van der Waals surface area contributed by atoms with Crippen LogP contribution in [0.1, 0.15) is 5.56 Å². The van der Waals surface area contributed by atoms with Crippen molar-refractivity contribution in [2.24, 2.45) is 0 Å². The van der Waals surface area contributed by atoms with Crippen LogP contribution in [0.25, 0.3) is 5.69 Å². The lowest BCUT2D eigenvalue weighted by Crippen LogP contribution is -2.45. The van der Waals surface area contributed by atoms with Crippen molar-refractivity contribution in [3.05, 3.63) is 66.6 Å². The third-order valence-electron chi connectivity index (χ3n) is 5.01. The highest BCUT2D eigenvalue weighted by molar-refractivity contribution is 7.89. The Balaban J connectivity index is 1.49. The van der Waals surface area contributed by atoms with Crippen LogP contribution < -0.4 is 9.62 Å². The van der Waals surface area contributed by atoms with Crippen molar-refractivity contribution in [2.75, 3.05) is 38.1 Å². The van der Waals surface area contributed by atoms with Gasteiger partial charge < -0.3 is 9.80 Å². The number of benzene rings is 1. The maximum Gasteiger partial charge on any atom is 0.244 e. The summed E-state index contributed by atoms with van der Waals surface area (Å²) in [5, 5.41) is 4.18. The van der Waals surface area contributed by atoms with Gasteiger partial charge in [0.25, 0.3) is 0 Å². The number of sulfonamides is 1. The topological polar surface area (TPSA) is 83.4 Å². The number of piperazine rings is 1. The molecule has 0 bridgehead atoms. The molecule has 2 aromatic heterocycles. The summed E-state index contributed by atoms with van der Waals surface area (Å²) in [5.74, 6) is 0.836. The number of aromatic nitrogens is 3. The molecule has 0 spiro atoms. The van der Waals surface area contributed by atoms with Crippen LogP contribution in [0.3, 0.4) is 0 Å². The van der Waals surface area contributed by atoms with E-state index in [9.17, 15) is 8.42 Å². The van der Waals surface area contributed by atoms with E-state index in [-0.39, 0.29) is 11.4 Å². The highest BCUT2D eigenvalue weighted by Crippen LogP contribution is 2.20. The predicted octanol–water partition coefficient (Wildman–Crippen LogP) is 1.50. The third-order valence-corrected chi connectivity index (χ3v) is 6.37. The number of para-hydroxylation sites is 1. The van der Waals surface area contributed by atoms with Crippen molar-refractivity contribution >= 4 is 15.8 Å². The first kappa shape index (κ1) is 19.6. The minimum atomic E-state index is -3.69. The Hall–Kier alpha value is -2.75. The fraction of sp³-hybridized carbons (Fsp3) is 0.300. The Morgan fingerprint density at radius 1 is 1.03 bits per heavy atom. The summed E-state index contributed by atoms with van der Waals surface area (Å²) in [7, 11) is -1.59. The first-order chi connectivity index (χ1) is 14.0. The molecule has 152 valence electrons. The van der Waals surface area contributed by atoms with Gasteiger partial charge in [0.15, 0.2) is 0 Å².